The first-order chi connectivity index (χ1) is 19.9. The van der Waals surface area contributed by atoms with Crippen LogP contribution in [0.25, 0.3) is 33.4 Å². The van der Waals surface area contributed by atoms with Gasteiger partial charge in [-0.1, -0.05) is 18.2 Å². The average Bonchev–Trinajstić information content (AvgIpc) is 2.94. The molecule has 4 heterocycles. The lowest BCUT2D eigenvalue weighted by Gasteiger charge is -2.42. The van der Waals surface area contributed by atoms with Crippen LogP contribution in [0.15, 0.2) is 53.5 Å². The molecule has 5 rings (SSSR count). The number of anilines is 1. The van der Waals surface area contributed by atoms with Crippen LogP contribution in [0.5, 0.6) is 0 Å². The molecular formula is C33H41N7O2. The van der Waals surface area contributed by atoms with E-state index in [1.165, 1.54) is 4.57 Å². The van der Waals surface area contributed by atoms with E-state index in [-0.39, 0.29) is 29.6 Å². The second kappa shape index (κ2) is 11.6. The number of hydrogen-bond acceptors (Lipinski definition) is 7. The van der Waals surface area contributed by atoms with E-state index in [0.29, 0.717) is 35.6 Å². The second-order valence-electron chi connectivity index (χ2n) is 12.5. The molecule has 0 atom stereocenters. The predicted molar refractivity (Wildman–Crippen MR) is 169 cm³/mol. The fourth-order valence-corrected chi connectivity index (χ4v) is 5.52. The Bertz CT molecular complexity index is 1680. The highest BCUT2D eigenvalue weighted by atomic mass is 16.2. The molecule has 3 aromatic heterocycles. The highest BCUT2D eigenvalue weighted by Crippen LogP contribution is 2.28. The molecule has 1 aliphatic heterocycles. The Morgan fingerprint density at radius 3 is 2.36 bits per heavy atom. The van der Waals surface area contributed by atoms with Gasteiger partial charge in [-0.3, -0.25) is 24.0 Å². The zero-order valence-corrected chi connectivity index (χ0v) is 25.7. The van der Waals surface area contributed by atoms with E-state index < -0.39 is 0 Å². The molecular weight excluding hydrogens is 526 g/mol. The van der Waals surface area contributed by atoms with Crippen molar-refractivity contribution < 1.29 is 4.79 Å². The third-order valence-electron chi connectivity index (χ3n) is 7.82. The number of nitrogens with one attached hydrogen (secondary N) is 1. The summed E-state index contributed by atoms with van der Waals surface area (Å²) in [4.78, 5) is 45.8. The molecule has 1 aliphatic rings. The Labute approximate surface area is 247 Å². The molecule has 1 aromatic carbocycles. The summed E-state index contributed by atoms with van der Waals surface area (Å²) in [6.45, 7) is 17.3. The zero-order chi connectivity index (χ0) is 30.2. The summed E-state index contributed by atoms with van der Waals surface area (Å²) in [5.41, 5.74) is 5.34. The molecule has 4 aromatic rings. The Balaban J connectivity index is 1.54. The first-order valence-corrected chi connectivity index (χ1v) is 14.7. The van der Waals surface area contributed by atoms with Crippen molar-refractivity contribution in [3.63, 3.8) is 0 Å². The SMILES string of the molecule is Cc1cccc(-c2ccc(-c3cc4cnc(NC(C)C)nc4n(CC(=O)N4CCN(C(C)(C)C)CC4)c3=O)c(C)c2)n1. The zero-order valence-electron chi connectivity index (χ0n) is 25.7. The molecule has 9 nitrogen and oxygen atoms in total. The smallest absolute Gasteiger partial charge is 0.260 e. The maximum atomic E-state index is 14.2. The lowest BCUT2D eigenvalue weighted by molar-refractivity contribution is -0.134. The molecule has 0 unspecified atom stereocenters. The Morgan fingerprint density at radius 2 is 1.71 bits per heavy atom. The summed E-state index contributed by atoms with van der Waals surface area (Å²) >= 11 is 0. The lowest BCUT2D eigenvalue weighted by atomic mass is 9.97. The molecule has 1 N–H and O–H groups in total. The number of nitrogens with zero attached hydrogens (tertiary/aromatic N) is 6. The van der Waals surface area contributed by atoms with Crippen LogP contribution in [0.1, 0.15) is 45.9 Å². The van der Waals surface area contributed by atoms with E-state index >= 15 is 0 Å². The van der Waals surface area contributed by atoms with E-state index in [2.05, 4.69) is 47.0 Å². The van der Waals surface area contributed by atoms with Crippen molar-refractivity contribution in [3.8, 4) is 22.4 Å². The number of carbonyl (C=O) groups excluding carboxylic acids is 1. The second-order valence-corrected chi connectivity index (χ2v) is 12.5. The highest BCUT2D eigenvalue weighted by Gasteiger charge is 2.28. The Morgan fingerprint density at radius 1 is 0.976 bits per heavy atom. The summed E-state index contributed by atoms with van der Waals surface area (Å²) < 4.78 is 1.52. The van der Waals surface area contributed by atoms with Gasteiger partial charge in [-0.2, -0.15) is 4.98 Å². The summed E-state index contributed by atoms with van der Waals surface area (Å²) in [5, 5.41) is 3.92. The van der Waals surface area contributed by atoms with Crippen LogP contribution < -0.4 is 10.9 Å². The fraction of sp³-hybridized carbons (Fsp3) is 0.424. The van der Waals surface area contributed by atoms with Crippen LogP contribution >= 0.6 is 0 Å². The third kappa shape index (κ3) is 6.21. The number of aryl methyl sites for hydroxylation is 2. The number of hydrogen-bond donors (Lipinski definition) is 1. The molecule has 220 valence electrons. The molecule has 0 bridgehead atoms. The normalized spacial score (nSPS) is 14.5. The topological polar surface area (TPSA) is 96.3 Å². The van der Waals surface area contributed by atoms with E-state index in [9.17, 15) is 9.59 Å². The largest absolute Gasteiger partial charge is 0.352 e. The van der Waals surface area contributed by atoms with Gasteiger partial charge >= 0.3 is 0 Å². The van der Waals surface area contributed by atoms with Crippen molar-refractivity contribution in [2.45, 2.75) is 66.6 Å². The number of fused-ring (bicyclic) bond motifs is 1. The minimum atomic E-state index is -0.247. The summed E-state index contributed by atoms with van der Waals surface area (Å²) in [6.07, 6.45) is 1.72. The van der Waals surface area contributed by atoms with E-state index in [1.807, 2.05) is 69.0 Å². The van der Waals surface area contributed by atoms with Crippen molar-refractivity contribution in [2.24, 2.45) is 0 Å². The standard InChI is InChI=1S/C33H41N7O2/c1-21(2)35-32-34-19-25-18-27(26-12-11-24(17-22(26)3)28-10-8-9-23(4)36-28)31(42)40(30(25)37-32)20-29(41)38-13-15-39(16-14-38)33(5,6)7/h8-12,17-19,21H,13-16,20H2,1-7H3,(H,34,35,37). The first-order valence-electron chi connectivity index (χ1n) is 14.7. The van der Waals surface area contributed by atoms with Crippen LogP contribution in [-0.2, 0) is 11.3 Å². The van der Waals surface area contributed by atoms with Gasteiger partial charge in [-0.25, -0.2) is 4.98 Å². The van der Waals surface area contributed by atoms with Crippen molar-refractivity contribution in [3.05, 3.63) is 70.3 Å². The number of amides is 1. The molecule has 9 heteroatoms. The van der Waals surface area contributed by atoms with Gasteiger partial charge in [0.1, 0.15) is 12.2 Å². The minimum absolute atomic E-state index is 0.0517. The lowest BCUT2D eigenvalue weighted by Crippen LogP contribution is -2.55. The third-order valence-corrected chi connectivity index (χ3v) is 7.82. The van der Waals surface area contributed by atoms with Gasteiger partial charge in [0.05, 0.1) is 5.69 Å². The number of pyridine rings is 2. The molecule has 1 amide bonds. The van der Waals surface area contributed by atoms with Gasteiger partial charge in [-0.15, -0.1) is 0 Å². The molecule has 1 saturated heterocycles. The van der Waals surface area contributed by atoms with Gasteiger partial charge < -0.3 is 10.2 Å². The van der Waals surface area contributed by atoms with Gasteiger partial charge in [-0.05, 0) is 83.9 Å². The predicted octanol–water partition coefficient (Wildman–Crippen LogP) is 4.90. The van der Waals surface area contributed by atoms with Crippen LogP contribution in [-0.4, -0.2) is 73.0 Å². The van der Waals surface area contributed by atoms with Crippen LogP contribution in [0, 0.1) is 13.8 Å². The summed E-state index contributed by atoms with van der Waals surface area (Å²) in [6, 6.07) is 13.9. The van der Waals surface area contributed by atoms with Crippen molar-refractivity contribution in [1.29, 1.82) is 0 Å². The van der Waals surface area contributed by atoms with Crippen molar-refractivity contribution >= 4 is 22.9 Å². The molecule has 0 spiro atoms. The van der Waals surface area contributed by atoms with Crippen molar-refractivity contribution in [1.82, 2.24) is 29.3 Å². The van der Waals surface area contributed by atoms with E-state index in [4.69, 9.17) is 4.98 Å². The number of aromatic nitrogens is 4. The molecule has 0 radical (unpaired) electrons. The monoisotopic (exact) mass is 567 g/mol. The van der Waals surface area contributed by atoms with Crippen LogP contribution in [0.2, 0.25) is 0 Å². The number of carbonyl (C=O) groups is 1. The van der Waals surface area contributed by atoms with E-state index in [0.717, 1.165) is 41.2 Å². The summed E-state index contributed by atoms with van der Waals surface area (Å²) in [5.74, 6) is 0.342. The van der Waals surface area contributed by atoms with Crippen LogP contribution in [0.4, 0.5) is 5.95 Å². The first kappa shape index (κ1) is 29.4. The maximum Gasteiger partial charge on any atom is 0.260 e. The Kier molecular flexibility index (Phi) is 8.14. The highest BCUT2D eigenvalue weighted by molar-refractivity contribution is 5.85. The molecule has 42 heavy (non-hydrogen) atoms. The maximum absolute atomic E-state index is 14.2. The van der Waals surface area contributed by atoms with E-state index in [1.54, 1.807) is 6.20 Å². The fourth-order valence-electron chi connectivity index (χ4n) is 5.52. The number of piperazine rings is 1. The summed E-state index contributed by atoms with van der Waals surface area (Å²) in [7, 11) is 0. The van der Waals surface area contributed by atoms with Gasteiger partial charge in [0.15, 0.2) is 0 Å². The number of rotatable bonds is 6. The molecule has 1 fully saturated rings. The number of benzene rings is 1. The van der Waals surface area contributed by atoms with Crippen LogP contribution in [0.3, 0.4) is 0 Å². The minimum Gasteiger partial charge on any atom is -0.352 e. The van der Waals surface area contributed by atoms with Gasteiger partial charge in [0, 0.05) is 66.2 Å². The van der Waals surface area contributed by atoms with Gasteiger partial charge in [0.2, 0.25) is 11.9 Å². The molecule has 0 saturated carbocycles. The van der Waals surface area contributed by atoms with Gasteiger partial charge in [0.25, 0.3) is 5.56 Å². The Hall–Kier alpha value is -4.11. The molecule has 0 aliphatic carbocycles. The quantitative estimate of drug-likeness (QED) is 0.354. The van der Waals surface area contributed by atoms with Crippen molar-refractivity contribution in [2.75, 3.05) is 31.5 Å². The average molecular weight is 568 g/mol.